The van der Waals surface area contributed by atoms with Crippen LogP contribution in [0.15, 0.2) is 30.3 Å². The quantitative estimate of drug-likeness (QED) is 0.447. The first-order valence-electron chi connectivity index (χ1n) is 9.14. The maximum absolute atomic E-state index is 13.1. The number of carbonyl (C=O) groups excluding carboxylic acids is 4. The van der Waals surface area contributed by atoms with Crippen molar-refractivity contribution < 1.29 is 44.3 Å². The molecule has 1 fully saturated rings. The van der Waals surface area contributed by atoms with Crippen molar-refractivity contribution in [3.8, 4) is 0 Å². The van der Waals surface area contributed by atoms with Gasteiger partial charge in [0.05, 0.1) is 6.61 Å². The number of nitrogens with zero attached hydrogens (tertiary/aromatic N) is 1. The average molecular weight is 423 g/mol. The summed E-state index contributed by atoms with van der Waals surface area (Å²) < 4.78 is 5.25. The molecular weight excluding hydrogens is 398 g/mol. The van der Waals surface area contributed by atoms with Gasteiger partial charge in [-0.1, -0.05) is 30.3 Å². The van der Waals surface area contributed by atoms with E-state index in [9.17, 15) is 39.6 Å². The summed E-state index contributed by atoms with van der Waals surface area (Å²) in [4.78, 5) is 51.0. The maximum atomic E-state index is 13.1. The lowest BCUT2D eigenvalue weighted by Gasteiger charge is -2.61. The minimum absolute atomic E-state index is 0.193. The highest BCUT2D eigenvalue weighted by Gasteiger charge is 2.80. The van der Waals surface area contributed by atoms with Crippen LogP contribution in [0.2, 0.25) is 0 Å². The van der Waals surface area contributed by atoms with Crippen LogP contribution < -0.4 is 0 Å². The van der Waals surface area contributed by atoms with Crippen LogP contribution in [-0.2, 0) is 29.5 Å². The van der Waals surface area contributed by atoms with Crippen LogP contribution in [0.4, 0.5) is 0 Å². The van der Waals surface area contributed by atoms with Gasteiger partial charge in [-0.2, -0.15) is 0 Å². The van der Waals surface area contributed by atoms with E-state index in [-0.39, 0.29) is 10.5 Å². The van der Waals surface area contributed by atoms with E-state index in [2.05, 4.69) is 0 Å². The number of hydrogen-bond acceptors (Lipinski definition) is 9. The fourth-order valence-electron chi connectivity index (χ4n) is 4.34. The van der Waals surface area contributed by atoms with Crippen LogP contribution in [0.5, 0.6) is 0 Å². The van der Waals surface area contributed by atoms with Gasteiger partial charge in [0, 0.05) is 20.8 Å². The van der Waals surface area contributed by atoms with Crippen molar-refractivity contribution in [2.24, 2.45) is 0 Å². The van der Waals surface area contributed by atoms with Crippen molar-refractivity contribution in [2.45, 2.75) is 56.8 Å². The number of carbonyl (C=O) groups is 4. The Labute approximate surface area is 172 Å². The van der Waals surface area contributed by atoms with Crippen LogP contribution in [0.1, 0.15) is 33.3 Å². The fourth-order valence-corrected chi connectivity index (χ4v) is 4.34. The molecule has 0 aromatic heterocycles. The summed E-state index contributed by atoms with van der Waals surface area (Å²) in [6.07, 6.45) is -3.87. The maximum Gasteiger partial charge on any atom is 0.262 e. The van der Waals surface area contributed by atoms with Crippen LogP contribution in [0, 0.1) is 0 Å². The first kappa shape index (κ1) is 23.8. The lowest BCUT2D eigenvalue weighted by atomic mass is 9.60. The molecule has 1 heterocycles. The number of Topliss-reactive ketones (excluding diaryl/α,β-unsaturated/α-hetero) is 2. The normalized spacial score (nSPS) is 33.6. The second-order valence-electron chi connectivity index (χ2n) is 7.26. The molecule has 0 spiro atoms. The number of aliphatic hydroxyl groups is 4. The summed E-state index contributed by atoms with van der Waals surface area (Å²) >= 11 is 0. The highest BCUT2D eigenvalue weighted by Crippen LogP contribution is 2.53. The summed E-state index contributed by atoms with van der Waals surface area (Å²) in [7, 11) is 0. The van der Waals surface area contributed by atoms with Gasteiger partial charge in [0.2, 0.25) is 17.4 Å². The molecular formula is C20H25NO9. The standard InChI is InChI=1S/C20H25NO9/c1-11(23)19(21(13(3)25)14(4)26)18(28,15-8-6-5-7-9-15)17(27)16(10-22)30-20(19,29)12(2)24/h5-9,16-17,22,27-29H,10H2,1-4H3/t16-,17-,18+,19-,20?/m1/s1. The van der Waals surface area contributed by atoms with Gasteiger partial charge >= 0.3 is 0 Å². The molecule has 1 aromatic carbocycles. The van der Waals surface area contributed by atoms with Gasteiger partial charge in [0.25, 0.3) is 5.79 Å². The minimum atomic E-state index is -3.28. The number of hydrogen-bond donors (Lipinski definition) is 4. The third-order valence-corrected chi connectivity index (χ3v) is 5.49. The smallest absolute Gasteiger partial charge is 0.262 e. The zero-order chi connectivity index (χ0) is 23.1. The zero-order valence-corrected chi connectivity index (χ0v) is 17.0. The molecule has 30 heavy (non-hydrogen) atoms. The average Bonchev–Trinajstić information content (AvgIpc) is 2.67. The molecule has 1 saturated heterocycles. The van der Waals surface area contributed by atoms with E-state index >= 15 is 0 Å². The monoisotopic (exact) mass is 423 g/mol. The van der Waals surface area contributed by atoms with Gasteiger partial charge in [-0.3, -0.25) is 24.1 Å². The van der Waals surface area contributed by atoms with E-state index in [1.54, 1.807) is 6.07 Å². The SMILES string of the molecule is CC(=O)N(C(C)=O)[C@@]1(C(C)=O)C(O)(C(C)=O)O[C@H](CO)[C@@H](O)[C@@]1(O)c1ccccc1. The molecule has 1 aliphatic heterocycles. The Hall–Kier alpha value is -2.50. The first-order valence-corrected chi connectivity index (χ1v) is 9.14. The largest absolute Gasteiger partial charge is 0.394 e. The van der Waals surface area contributed by atoms with Gasteiger partial charge in [-0.15, -0.1) is 0 Å². The van der Waals surface area contributed by atoms with Gasteiger partial charge < -0.3 is 25.2 Å². The molecule has 1 unspecified atom stereocenters. The van der Waals surface area contributed by atoms with E-state index in [0.29, 0.717) is 0 Å². The van der Waals surface area contributed by atoms with Crippen molar-refractivity contribution in [1.82, 2.24) is 4.90 Å². The molecule has 1 aromatic rings. The minimum Gasteiger partial charge on any atom is -0.394 e. The molecule has 0 saturated carbocycles. The summed E-state index contributed by atoms with van der Waals surface area (Å²) in [6.45, 7) is 2.49. The van der Waals surface area contributed by atoms with E-state index in [1.807, 2.05) is 0 Å². The Morgan fingerprint density at radius 3 is 1.83 bits per heavy atom. The van der Waals surface area contributed by atoms with Crippen LogP contribution in [-0.4, -0.2) is 78.8 Å². The van der Waals surface area contributed by atoms with Crippen LogP contribution in [0.3, 0.4) is 0 Å². The van der Waals surface area contributed by atoms with Crippen LogP contribution in [0.25, 0.3) is 0 Å². The number of aliphatic hydroxyl groups excluding tert-OH is 2. The predicted octanol–water partition coefficient (Wildman–Crippen LogP) is -1.37. The molecule has 2 amide bonds. The lowest BCUT2D eigenvalue weighted by Crippen LogP contribution is -2.87. The molecule has 0 radical (unpaired) electrons. The molecule has 10 heteroatoms. The highest BCUT2D eigenvalue weighted by atomic mass is 16.7. The molecule has 10 nitrogen and oxygen atoms in total. The third kappa shape index (κ3) is 2.91. The van der Waals surface area contributed by atoms with Gasteiger partial charge in [0.1, 0.15) is 12.2 Å². The van der Waals surface area contributed by atoms with Crippen molar-refractivity contribution in [3.63, 3.8) is 0 Å². The summed E-state index contributed by atoms with van der Waals surface area (Å²) in [5.41, 5.74) is -6.22. The molecule has 0 bridgehead atoms. The molecule has 1 aliphatic rings. The van der Waals surface area contributed by atoms with Crippen molar-refractivity contribution >= 4 is 23.4 Å². The topological polar surface area (TPSA) is 162 Å². The molecule has 164 valence electrons. The summed E-state index contributed by atoms with van der Waals surface area (Å²) in [5, 5.41) is 44.0. The summed E-state index contributed by atoms with van der Waals surface area (Å²) in [6, 6.07) is 6.99. The van der Waals surface area contributed by atoms with Gasteiger partial charge in [-0.05, 0) is 12.5 Å². The Morgan fingerprint density at radius 2 is 1.47 bits per heavy atom. The molecule has 5 atom stereocenters. The number of imide groups is 1. The Balaban J connectivity index is 3.15. The first-order chi connectivity index (χ1) is 13.8. The number of rotatable bonds is 5. The second-order valence-corrected chi connectivity index (χ2v) is 7.26. The number of benzene rings is 1. The highest BCUT2D eigenvalue weighted by molar-refractivity contribution is 6.07. The Kier molecular flexibility index (Phi) is 6.32. The third-order valence-electron chi connectivity index (χ3n) is 5.49. The van der Waals surface area contributed by atoms with Crippen molar-refractivity contribution in [1.29, 1.82) is 0 Å². The van der Waals surface area contributed by atoms with Crippen molar-refractivity contribution in [3.05, 3.63) is 35.9 Å². The van der Waals surface area contributed by atoms with Crippen LogP contribution >= 0.6 is 0 Å². The lowest BCUT2D eigenvalue weighted by molar-refractivity contribution is -0.365. The van der Waals surface area contributed by atoms with Gasteiger partial charge in [-0.25, -0.2) is 0 Å². The van der Waals surface area contributed by atoms with E-state index < -0.39 is 59.1 Å². The molecule has 4 N–H and O–H groups in total. The number of amides is 2. The zero-order valence-electron chi connectivity index (χ0n) is 17.0. The Bertz CT molecular complexity index is 858. The second kappa shape index (κ2) is 7.97. The molecule has 0 aliphatic carbocycles. The van der Waals surface area contributed by atoms with Crippen molar-refractivity contribution in [2.75, 3.05) is 6.61 Å². The number of ketones is 2. The molecule has 2 rings (SSSR count). The van der Waals surface area contributed by atoms with Gasteiger partial charge in [0.15, 0.2) is 17.2 Å². The van der Waals surface area contributed by atoms with E-state index in [0.717, 1.165) is 27.7 Å². The summed E-state index contributed by atoms with van der Waals surface area (Å²) in [5.74, 6) is -7.90. The van der Waals surface area contributed by atoms with E-state index in [1.165, 1.54) is 24.3 Å². The fraction of sp³-hybridized carbons (Fsp3) is 0.500. The number of ether oxygens (including phenoxy) is 1. The van der Waals surface area contributed by atoms with E-state index in [4.69, 9.17) is 4.74 Å². The predicted molar refractivity (Wildman–Crippen MR) is 101 cm³/mol. The Morgan fingerprint density at radius 1 is 0.967 bits per heavy atom.